The quantitative estimate of drug-likeness (QED) is 0.817. The van der Waals surface area contributed by atoms with Gasteiger partial charge in [0, 0.05) is 16.7 Å². The Morgan fingerprint density at radius 3 is 2.12 bits per heavy atom. The van der Waals surface area contributed by atoms with Gasteiger partial charge in [-0.05, 0) is 87.5 Å². The van der Waals surface area contributed by atoms with Crippen LogP contribution in [0, 0.1) is 29.0 Å². The van der Waals surface area contributed by atoms with Gasteiger partial charge in [0.15, 0.2) is 0 Å². The van der Waals surface area contributed by atoms with Crippen LogP contribution in [0.25, 0.3) is 0 Å². The number of allylic oxidation sites excluding steroid dienone is 1. The fourth-order valence-electron chi connectivity index (χ4n) is 6.34. The van der Waals surface area contributed by atoms with Gasteiger partial charge in [-0.25, -0.2) is 9.40 Å². The van der Waals surface area contributed by atoms with Crippen LogP contribution in [0.5, 0.6) is 0 Å². The molecule has 4 bridgehead atoms. The van der Waals surface area contributed by atoms with E-state index in [9.17, 15) is 9.18 Å². The number of nitrogens with zero attached hydrogens (tertiary/aromatic N) is 2. The molecule has 1 aromatic carbocycles. The van der Waals surface area contributed by atoms with Crippen LogP contribution in [0.4, 0.5) is 10.1 Å². The predicted octanol–water partition coefficient (Wildman–Crippen LogP) is 4.18. The monoisotopic (exact) mass is 325 g/mol. The lowest BCUT2D eigenvalue weighted by molar-refractivity contribution is -0.120. The molecular weight excluding hydrogens is 303 g/mol. The summed E-state index contributed by atoms with van der Waals surface area (Å²) >= 11 is 0. The zero-order valence-electron chi connectivity index (χ0n) is 14.0. The van der Waals surface area contributed by atoms with E-state index in [2.05, 4.69) is 5.43 Å². The van der Waals surface area contributed by atoms with Crippen LogP contribution in [0.2, 0.25) is 0 Å². The van der Waals surface area contributed by atoms with E-state index in [1.807, 2.05) is 6.92 Å². The van der Waals surface area contributed by atoms with Gasteiger partial charge < -0.3 is 0 Å². The summed E-state index contributed by atoms with van der Waals surface area (Å²) in [6.45, 7) is 2.01. The fourth-order valence-corrected chi connectivity index (χ4v) is 6.34. The number of halogens is 1. The Kier molecular flexibility index (Phi) is 2.92. The van der Waals surface area contributed by atoms with E-state index in [4.69, 9.17) is 0 Å². The molecular formula is C20H22FN2O. The normalized spacial score (nSPS) is 37.3. The summed E-state index contributed by atoms with van der Waals surface area (Å²) < 4.78 is 13.2. The van der Waals surface area contributed by atoms with E-state index in [0.717, 1.165) is 54.0 Å². The first kappa shape index (κ1) is 14.5. The van der Waals surface area contributed by atoms with E-state index < -0.39 is 0 Å². The number of rotatable bonds is 2. The van der Waals surface area contributed by atoms with Crippen molar-refractivity contribution in [3.8, 4) is 0 Å². The average molecular weight is 325 g/mol. The molecule has 4 fully saturated rings. The second-order valence-corrected chi connectivity index (χ2v) is 8.35. The highest BCUT2D eigenvalue weighted by Gasteiger charge is 2.56. The molecule has 1 amide bonds. The minimum absolute atomic E-state index is 0.0498. The Morgan fingerprint density at radius 1 is 1.04 bits per heavy atom. The first-order chi connectivity index (χ1) is 11.5. The molecule has 0 atom stereocenters. The van der Waals surface area contributed by atoms with Crippen LogP contribution in [0.1, 0.15) is 45.4 Å². The van der Waals surface area contributed by atoms with Crippen molar-refractivity contribution in [2.24, 2.45) is 23.2 Å². The zero-order valence-corrected chi connectivity index (χ0v) is 14.0. The highest BCUT2D eigenvalue weighted by atomic mass is 19.1. The number of hydrogen-bond acceptors (Lipinski definition) is 2. The van der Waals surface area contributed by atoms with Crippen LogP contribution < -0.4 is 10.4 Å². The number of carbonyl (C=O) groups is 1. The maximum Gasteiger partial charge on any atom is 0.292 e. The van der Waals surface area contributed by atoms with Crippen molar-refractivity contribution in [2.45, 2.75) is 45.4 Å². The van der Waals surface area contributed by atoms with Gasteiger partial charge in [0.1, 0.15) is 5.82 Å². The molecule has 0 saturated heterocycles. The smallest absolute Gasteiger partial charge is 0.265 e. The van der Waals surface area contributed by atoms with Gasteiger partial charge >= 0.3 is 0 Å². The Morgan fingerprint density at radius 2 is 1.58 bits per heavy atom. The standard InChI is InChI=1S/C20H22FN2O/c1-12-18(19(24)22-23(12)17-4-2-16(21)3-5-17)20-9-13-6-14(10-20)8-15(7-13)11-20/h2-5,13-15H,6-11H2,1H3. The summed E-state index contributed by atoms with van der Waals surface area (Å²) in [6, 6.07) is 6.23. The SMILES string of the molecule is CC1=C(C23CC4CC(CC(C4)C2)C3)C(=O)[N]N1c1ccc(F)cc1. The van der Waals surface area contributed by atoms with E-state index in [1.54, 1.807) is 17.1 Å². The third-order valence-electron chi connectivity index (χ3n) is 6.72. The lowest BCUT2D eigenvalue weighted by atomic mass is 9.47. The van der Waals surface area contributed by atoms with E-state index in [-0.39, 0.29) is 17.1 Å². The maximum absolute atomic E-state index is 13.2. The zero-order chi connectivity index (χ0) is 16.5. The summed E-state index contributed by atoms with van der Waals surface area (Å²) in [5.74, 6) is 2.05. The van der Waals surface area contributed by atoms with Crippen LogP contribution in [0.15, 0.2) is 35.5 Å². The lowest BCUT2D eigenvalue weighted by Gasteiger charge is -2.57. The molecule has 125 valence electrons. The van der Waals surface area contributed by atoms with Gasteiger partial charge in [-0.2, -0.15) is 0 Å². The van der Waals surface area contributed by atoms with Crippen LogP contribution in [-0.4, -0.2) is 5.91 Å². The van der Waals surface area contributed by atoms with Crippen molar-refractivity contribution in [1.29, 1.82) is 0 Å². The van der Waals surface area contributed by atoms with Crippen molar-refractivity contribution in [3.63, 3.8) is 0 Å². The Balaban J connectivity index is 1.55. The number of hydrogen-bond donors (Lipinski definition) is 0. The first-order valence-corrected chi connectivity index (χ1v) is 9.07. The molecule has 6 rings (SSSR count). The van der Waals surface area contributed by atoms with Gasteiger partial charge in [0.25, 0.3) is 5.91 Å². The van der Waals surface area contributed by atoms with Crippen molar-refractivity contribution < 1.29 is 9.18 Å². The van der Waals surface area contributed by atoms with Gasteiger partial charge in [-0.3, -0.25) is 4.79 Å². The van der Waals surface area contributed by atoms with E-state index in [1.165, 1.54) is 31.4 Å². The van der Waals surface area contributed by atoms with Crippen LogP contribution in [-0.2, 0) is 4.79 Å². The summed E-state index contributed by atoms with van der Waals surface area (Å²) in [5.41, 5.74) is 7.02. The Labute approximate surface area is 141 Å². The largest absolute Gasteiger partial charge is 0.292 e. The third-order valence-corrected chi connectivity index (χ3v) is 6.72. The predicted molar refractivity (Wildman–Crippen MR) is 89.3 cm³/mol. The Hall–Kier alpha value is -1.84. The summed E-state index contributed by atoms with van der Waals surface area (Å²) in [6.07, 6.45) is 7.55. The van der Waals surface area contributed by atoms with Crippen LogP contribution >= 0.6 is 0 Å². The number of amides is 1. The van der Waals surface area contributed by atoms with Crippen molar-refractivity contribution in [2.75, 3.05) is 5.01 Å². The molecule has 1 aliphatic heterocycles. The molecule has 4 aliphatic carbocycles. The first-order valence-electron chi connectivity index (χ1n) is 9.07. The molecule has 24 heavy (non-hydrogen) atoms. The van der Waals surface area contributed by atoms with Gasteiger partial charge in [-0.15, -0.1) is 5.43 Å². The third kappa shape index (κ3) is 1.98. The molecule has 0 spiro atoms. The maximum atomic E-state index is 13.2. The van der Waals surface area contributed by atoms with Gasteiger partial charge in [0.2, 0.25) is 0 Å². The second-order valence-electron chi connectivity index (χ2n) is 8.35. The molecule has 4 saturated carbocycles. The highest BCUT2D eigenvalue weighted by Crippen LogP contribution is 2.63. The molecule has 0 aromatic heterocycles. The summed E-state index contributed by atoms with van der Waals surface area (Å²) in [7, 11) is 0. The van der Waals surface area contributed by atoms with E-state index in [0.29, 0.717) is 0 Å². The Bertz CT molecular complexity index is 701. The van der Waals surface area contributed by atoms with Gasteiger partial charge in [0.05, 0.1) is 5.69 Å². The fraction of sp³-hybridized carbons (Fsp3) is 0.550. The number of carbonyl (C=O) groups excluding carboxylic acids is 1. The number of benzene rings is 1. The van der Waals surface area contributed by atoms with Crippen molar-refractivity contribution in [1.82, 2.24) is 5.43 Å². The molecule has 3 nitrogen and oxygen atoms in total. The molecule has 1 aromatic rings. The van der Waals surface area contributed by atoms with Gasteiger partial charge in [-0.1, -0.05) is 0 Å². The lowest BCUT2D eigenvalue weighted by Crippen LogP contribution is -2.48. The highest BCUT2D eigenvalue weighted by molar-refractivity contribution is 6.00. The minimum atomic E-state index is -0.271. The van der Waals surface area contributed by atoms with Crippen molar-refractivity contribution >= 4 is 11.6 Å². The molecule has 4 heteroatoms. The molecule has 5 aliphatic rings. The second kappa shape index (κ2) is 4.84. The number of anilines is 1. The molecule has 1 radical (unpaired) electrons. The van der Waals surface area contributed by atoms with Crippen molar-refractivity contribution in [3.05, 3.63) is 41.4 Å². The summed E-state index contributed by atoms with van der Waals surface area (Å²) in [4.78, 5) is 12.8. The molecule has 1 heterocycles. The topological polar surface area (TPSA) is 34.4 Å². The summed E-state index contributed by atoms with van der Waals surface area (Å²) in [5, 5.41) is 1.72. The van der Waals surface area contributed by atoms with Crippen LogP contribution in [0.3, 0.4) is 0 Å². The average Bonchev–Trinajstić information content (AvgIpc) is 2.82. The van der Waals surface area contributed by atoms with E-state index >= 15 is 0 Å². The molecule has 0 unspecified atom stereocenters. The minimum Gasteiger partial charge on any atom is -0.265 e. The molecule has 0 N–H and O–H groups in total.